The molecule has 0 aliphatic heterocycles. The number of aromatic nitrogens is 2. The van der Waals surface area contributed by atoms with Crippen molar-refractivity contribution in [1.82, 2.24) is 14.9 Å². The first-order valence-electron chi connectivity index (χ1n) is 8.53. The second-order valence-electron chi connectivity index (χ2n) is 5.56. The van der Waals surface area contributed by atoms with E-state index in [0.717, 1.165) is 44.1 Å². The van der Waals surface area contributed by atoms with E-state index in [1.807, 2.05) is 30.3 Å². The van der Waals surface area contributed by atoms with Crippen molar-refractivity contribution in [2.24, 2.45) is 0 Å². The van der Waals surface area contributed by atoms with Crippen LogP contribution in [-0.4, -0.2) is 41.0 Å². The highest BCUT2D eigenvalue weighted by Crippen LogP contribution is 2.18. The Labute approximate surface area is 149 Å². The van der Waals surface area contributed by atoms with Gasteiger partial charge in [0.25, 0.3) is 0 Å². The third-order valence-corrected chi connectivity index (χ3v) is 4.07. The fourth-order valence-electron chi connectivity index (χ4n) is 2.43. The Kier molecular flexibility index (Phi) is 7.79. The Bertz CT molecular complexity index is 616. The summed E-state index contributed by atoms with van der Waals surface area (Å²) in [5.41, 5.74) is 0.874. The third-order valence-electron chi connectivity index (χ3n) is 3.84. The molecular weight excluding hydrogens is 322 g/mol. The van der Waals surface area contributed by atoms with Crippen molar-refractivity contribution >= 4 is 29.1 Å². The Morgan fingerprint density at radius 2 is 1.96 bits per heavy atom. The van der Waals surface area contributed by atoms with Crippen molar-refractivity contribution < 1.29 is 0 Å². The van der Waals surface area contributed by atoms with Crippen LogP contribution in [0.5, 0.6) is 0 Å². The maximum absolute atomic E-state index is 5.99. The Balaban J connectivity index is 1.78. The van der Waals surface area contributed by atoms with Crippen LogP contribution >= 0.6 is 11.6 Å². The highest BCUT2D eigenvalue weighted by atomic mass is 35.5. The molecule has 1 aromatic carbocycles. The zero-order valence-corrected chi connectivity index (χ0v) is 15.2. The summed E-state index contributed by atoms with van der Waals surface area (Å²) in [4.78, 5) is 11.2. The van der Waals surface area contributed by atoms with E-state index in [1.165, 1.54) is 6.42 Å². The fraction of sp³-hybridized carbons (Fsp3) is 0.444. The summed E-state index contributed by atoms with van der Waals surface area (Å²) >= 11 is 5.99. The van der Waals surface area contributed by atoms with Crippen LogP contribution in [0.15, 0.2) is 36.5 Å². The Hall–Kier alpha value is -1.85. The predicted molar refractivity (Wildman–Crippen MR) is 102 cm³/mol. The summed E-state index contributed by atoms with van der Waals surface area (Å²) in [5, 5.41) is 7.20. The van der Waals surface area contributed by atoms with Gasteiger partial charge in [-0.2, -0.15) is 4.98 Å². The molecule has 0 aliphatic rings. The van der Waals surface area contributed by atoms with Crippen molar-refractivity contribution in [1.29, 1.82) is 0 Å². The van der Waals surface area contributed by atoms with Gasteiger partial charge in [-0.3, -0.25) is 0 Å². The minimum absolute atomic E-state index is 0.561. The van der Waals surface area contributed by atoms with Crippen LogP contribution < -0.4 is 10.6 Å². The molecule has 5 nitrogen and oxygen atoms in total. The molecule has 2 aromatic rings. The van der Waals surface area contributed by atoms with Gasteiger partial charge >= 0.3 is 0 Å². The van der Waals surface area contributed by atoms with Crippen LogP contribution in [0, 0.1) is 0 Å². The van der Waals surface area contributed by atoms with Crippen molar-refractivity contribution in [3.05, 3.63) is 41.6 Å². The molecule has 1 heterocycles. The normalized spacial score (nSPS) is 10.8. The monoisotopic (exact) mass is 347 g/mol. The first-order valence-corrected chi connectivity index (χ1v) is 8.91. The van der Waals surface area contributed by atoms with E-state index in [4.69, 9.17) is 11.6 Å². The van der Waals surface area contributed by atoms with Gasteiger partial charge in [0.2, 0.25) is 5.95 Å². The van der Waals surface area contributed by atoms with E-state index in [2.05, 4.69) is 39.3 Å². The highest BCUT2D eigenvalue weighted by Gasteiger charge is 2.01. The average molecular weight is 348 g/mol. The molecule has 1 aromatic heterocycles. The molecule has 0 aliphatic carbocycles. The van der Waals surface area contributed by atoms with Gasteiger partial charge in [-0.1, -0.05) is 31.5 Å². The van der Waals surface area contributed by atoms with E-state index in [0.29, 0.717) is 11.0 Å². The first kappa shape index (κ1) is 18.5. The molecule has 24 heavy (non-hydrogen) atoms. The van der Waals surface area contributed by atoms with Crippen LogP contribution in [0.1, 0.15) is 26.7 Å². The van der Waals surface area contributed by atoms with E-state index < -0.39 is 0 Å². The van der Waals surface area contributed by atoms with Crippen LogP contribution in [0.25, 0.3) is 0 Å². The number of nitrogens with one attached hydrogen (secondary N) is 2. The van der Waals surface area contributed by atoms with Gasteiger partial charge in [0.1, 0.15) is 5.82 Å². The van der Waals surface area contributed by atoms with E-state index >= 15 is 0 Å². The van der Waals surface area contributed by atoms with Crippen molar-refractivity contribution in [2.75, 3.05) is 36.8 Å². The number of unbranched alkanes of at least 4 members (excludes halogenated alkanes) is 1. The molecule has 0 spiro atoms. The molecule has 0 amide bonds. The number of hydrogen-bond acceptors (Lipinski definition) is 5. The summed E-state index contributed by atoms with van der Waals surface area (Å²) < 4.78 is 0. The number of benzene rings is 1. The minimum Gasteiger partial charge on any atom is -0.370 e. The molecule has 0 atom stereocenters. The number of anilines is 3. The van der Waals surface area contributed by atoms with Gasteiger partial charge in [0.15, 0.2) is 0 Å². The molecule has 0 fully saturated rings. The Morgan fingerprint density at radius 3 is 2.71 bits per heavy atom. The summed E-state index contributed by atoms with van der Waals surface area (Å²) in [6, 6.07) is 9.39. The minimum atomic E-state index is 0.561. The van der Waals surface area contributed by atoms with Crippen LogP contribution in [0.4, 0.5) is 17.5 Å². The van der Waals surface area contributed by atoms with Crippen LogP contribution in [0.2, 0.25) is 5.02 Å². The lowest BCUT2D eigenvalue weighted by Gasteiger charge is -2.17. The smallest absolute Gasteiger partial charge is 0.229 e. The van der Waals surface area contributed by atoms with Gasteiger partial charge < -0.3 is 15.5 Å². The number of halogens is 1. The average Bonchev–Trinajstić information content (AvgIpc) is 2.58. The van der Waals surface area contributed by atoms with Crippen molar-refractivity contribution in [3.63, 3.8) is 0 Å². The van der Waals surface area contributed by atoms with Gasteiger partial charge in [0, 0.05) is 23.5 Å². The van der Waals surface area contributed by atoms with E-state index in [9.17, 15) is 0 Å². The summed E-state index contributed by atoms with van der Waals surface area (Å²) in [5.74, 6) is 1.39. The van der Waals surface area contributed by atoms with Crippen molar-refractivity contribution in [2.45, 2.75) is 26.7 Å². The lowest BCUT2D eigenvalue weighted by molar-refractivity contribution is 0.298. The fourth-order valence-corrected chi connectivity index (χ4v) is 2.62. The standard InChI is InChI=1S/C18H26ClN5/c1-3-24(4-2)13-6-5-11-20-17-10-12-21-18(23-17)22-16-9-7-8-15(19)14-16/h7-10,12,14H,3-6,11,13H2,1-2H3,(H2,20,21,22,23). The van der Waals surface area contributed by atoms with Gasteiger partial charge in [-0.05, 0) is 56.7 Å². The second kappa shape index (κ2) is 10.1. The SMILES string of the molecule is CCN(CC)CCCCNc1ccnc(Nc2cccc(Cl)c2)n1. The van der Waals surface area contributed by atoms with E-state index in [-0.39, 0.29) is 0 Å². The molecule has 0 saturated heterocycles. The number of hydrogen-bond donors (Lipinski definition) is 2. The second-order valence-corrected chi connectivity index (χ2v) is 6.00. The van der Waals surface area contributed by atoms with Gasteiger partial charge in [0.05, 0.1) is 0 Å². The highest BCUT2D eigenvalue weighted by molar-refractivity contribution is 6.30. The van der Waals surface area contributed by atoms with E-state index in [1.54, 1.807) is 6.20 Å². The molecule has 2 rings (SSSR count). The molecule has 0 bridgehead atoms. The largest absolute Gasteiger partial charge is 0.370 e. The van der Waals surface area contributed by atoms with Crippen LogP contribution in [-0.2, 0) is 0 Å². The molecule has 6 heteroatoms. The molecule has 0 radical (unpaired) electrons. The molecule has 0 unspecified atom stereocenters. The topological polar surface area (TPSA) is 53.1 Å². The lowest BCUT2D eigenvalue weighted by atomic mass is 10.3. The predicted octanol–water partition coefficient (Wildman–Crippen LogP) is 4.41. The zero-order chi connectivity index (χ0) is 17.2. The summed E-state index contributed by atoms with van der Waals surface area (Å²) in [6.45, 7) is 8.71. The molecule has 0 saturated carbocycles. The molecular formula is C18H26ClN5. The Morgan fingerprint density at radius 1 is 1.12 bits per heavy atom. The third kappa shape index (κ3) is 6.34. The summed E-state index contributed by atoms with van der Waals surface area (Å²) in [7, 11) is 0. The maximum Gasteiger partial charge on any atom is 0.229 e. The zero-order valence-electron chi connectivity index (χ0n) is 14.4. The maximum atomic E-state index is 5.99. The van der Waals surface area contributed by atoms with Crippen molar-refractivity contribution in [3.8, 4) is 0 Å². The number of nitrogens with zero attached hydrogens (tertiary/aromatic N) is 3. The quantitative estimate of drug-likeness (QED) is 0.623. The van der Waals surface area contributed by atoms with Crippen LogP contribution in [0.3, 0.4) is 0 Å². The first-order chi connectivity index (χ1) is 11.7. The van der Waals surface area contributed by atoms with Gasteiger partial charge in [-0.25, -0.2) is 4.98 Å². The molecule has 130 valence electrons. The van der Waals surface area contributed by atoms with Gasteiger partial charge in [-0.15, -0.1) is 0 Å². The summed E-state index contributed by atoms with van der Waals surface area (Å²) in [6.07, 6.45) is 4.06. The lowest BCUT2D eigenvalue weighted by Crippen LogP contribution is -2.24. The number of rotatable bonds is 10. The molecule has 2 N–H and O–H groups in total.